The van der Waals surface area contributed by atoms with Gasteiger partial charge in [0.25, 0.3) is 0 Å². The molecule has 0 saturated heterocycles. The fraction of sp³-hybridized carbons (Fsp3) is 0.231. The van der Waals surface area contributed by atoms with Gasteiger partial charge in [0.2, 0.25) is 0 Å². The van der Waals surface area contributed by atoms with Crippen LogP contribution >= 0.6 is 11.6 Å². The van der Waals surface area contributed by atoms with E-state index in [0.29, 0.717) is 16.2 Å². The Kier molecular flexibility index (Phi) is 2.48. The van der Waals surface area contributed by atoms with E-state index >= 15 is 0 Å². The summed E-state index contributed by atoms with van der Waals surface area (Å²) in [6, 6.07) is 4.48. The fourth-order valence-corrected chi connectivity index (χ4v) is 2.57. The second kappa shape index (κ2) is 3.92. The van der Waals surface area contributed by atoms with E-state index in [2.05, 4.69) is 9.97 Å². The lowest BCUT2D eigenvalue weighted by molar-refractivity contribution is 0.629. The highest BCUT2D eigenvalue weighted by Crippen LogP contribution is 2.26. The van der Waals surface area contributed by atoms with Gasteiger partial charge in [0, 0.05) is 12.5 Å². The monoisotopic (exact) mass is 263 g/mol. The van der Waals surface area contributed by atoms with Crippen LogP contribution in [0.15, 0.2) is 18.2 Å². The van der Waals surface area contributed by atoms with Crippen LogP contribution in [0, 0.1) is 12.7 Å². The van der Waals surface area contributed by atoms with Crippen molar-refractivity contribution in [1.82, 2.24) is 14.4 Å². The van der Waals surface area contributed by atoms with E-state index in [1.54, 1.807) is 6.07 Å². The van der Waals surface area contributed by atoms with Gasteiger partial charge >= 0.3 is 0 Å². The summed E-state index contributed by atoms with van der Waals surface area (Å²) in [4.78, 5) is 8.76. The van der Waals surface area contributed by atoms with Gasteiger partial charge < -0.3 is 0 Å². The molecule has 0 aliphatic carbocycles. The zero-order valence-electron chi connectivity index (χ0n) is 10.0. The second-order valence-corrected chi connectivity index (χ2v) is 4.54. The number of aryl methyl sites for hydroxylation is 2. The van der Waals surface area contributed by atoms with Crippen LogP contribution in [-0.2, 0) is 6.42 Å². The van der Waals surface area contributed by atoms with Gasteiger partial charge in [-0.2, -0.15) is 0 Å². The van der Waals surface area contributed by atoms with Crippen LogP contribution in [0.5, 0.6) is 0 Å². The molecule has 3 rings (SSSR count). The maximum Gasteiger partial charge on any atom is 0.155 e. The number of benzene rings is 1. The number of halogens is 2. The van der Waals surface area contributed by atoms with E-state index in [0.717, 1.165) is 23.5 Å². The Bertz CT molecular complexity index is 764. The van der Waals surface area contributed by atoms with Crippen LogP contribution in [0.4, 0.5) is 4.39 Å². The molecule has 1 aromatic carbocycles. The molecule has 0 unspecified atom stereocenters. The van der Waals surface area contributed by atoms with Crippen LogP contribution in [0.1, 0.15) is 18.4 Å². The highest BCUT2D eigenvalue weighted by Gasteiger charge is 2.14. The molecule has 0 spiro atoms. The lowest BCUT2D eigenvalue weighted by atomic mass is 10.2. The van der Waals surface area contributed by atoms with Crippen molar-refractivity contribution in [3.05, 3.63) is 40.7 Å². The molecule has 3 nitrogen and oxygen atoms in total. The maximum atomic E-state index is 13.4. The van der Waals surface area contributed by atoms with Gasteiger partial charge in [-0.25, -0.2) is 14.4 Å². The van der Waals surface area contributed by atoms with Crippen LogP contribution in [0.2, 0.25) is 5.15 Å². The minimum Gasteiger partial charge on any atom is -0.291 e. The van der Waals surface area contributed by atoms with Crippen molar-refractivity contribution in [3.8, 4) is 0 Å². The third kappa shape index (κ3) is 1.49. The van der Waals surface area contributed by atoms with E-state index in [9.17, 15) is 4.39 Å². The van der Waals surface area contributed by atoms with E-state index in [-0.39, 0.29) is 5.82 Å². The first kappa shape index (κ1) is 11.4. The molecule has 3 aromatic rings. The molecule has 18 heavy (non-hydrogen) atoms. The van der Waals surface area contributed by atoms with Gasteiger partial charge in [0.1, 0.15) is 17.2 Å². The molecule has 2 heterocycles. The molecular formula is C13H11ClFN3. The maximum absolute atomic E-state index is 13.4. The molecule has 92 valence electrons. The molecule has 5 heteroatoms. The number of fused-ring (bicyclic) bond motifs is 3. The lowest BCUT2D eigenvalue weighted by Gasteiger charge is -2.06. The van der Waals surface area contributed by atoms with Crippen molar-refractivity contribution in [3.63, 3.8) is 0 Å². The fourth-order valence-electron chi connectivity index (χ4n) is 2.25. The second-order valence-electron chi connectivity index (χ2n) is 4.19. The minimum absolute atomic E-state index is 0.290. The summed E-state index contributed by atoms with van der Waals surface area (Å²) in [5.41, 5.74) is 2.94. The number of aromatic nitrogens is 3. The van der Waals surface area contributed by atoms with E-state index < -0.39 is 0 Å². The molecular weight excluding hydrogens is 253 g/mol. The molecule has 0 amide bonds. The van der Waals surface area contributed by atoms with Crippen LogP contribution < -0.4 is 0 Å². The summed E-state index contributed by atoms with van der Waals surface area (Å²) < 4.78 is 15.3. The topological polar surface area (TPSA) is 30.2 Å². The van der Waals surface area contributed by atoms with Crippen molar-refractivity contribution in [1.29, 1.82) is 0 Å². The van der Waals surface area contributed by atoms with Crippen molar-refractivity contribution < 1.29 is 4.39 Å². The van der Waals surface area contributed by atoms with Gasteiger partial charge in [0.05, 0.1) is 16.7 Å². The first-order valence-electron chi connectivity index (χ1n) is 5.74. The van der Waals surface area contributed by atoms with Crippen molar-refractivity contribution in [2.75, 3.05) is 0 Å². The SMILES string of the molecule is CCc1nc(C)c2c(Cl)nc3ccc(F)cc3n12. The smallest absolute Gasteiger partial charge is 0.155 e. The van der Waals surface area contributed by atoms with E-state index in [1.807, 2.05) is 18.2 Å². The third-order valence-corrected chi connectivity index (χ3v) is 3.29. The van der Waals surface area contributed by atoms with Gasteiger partial charge in [-0.15, -0.1) is 0 Å². The number of hydrogen-bond acceptors (Lipinski definition) is 2. The predicted octanol–water partition coefficient (Wildman–Crippen LogP) is 3.55. The Morgan fingerprint density at radius 2 is 2.11 bits per heavy atom. The number of imidazole rings is 1. The molecule has 0 fully saturated rings. The summed E-state index contributed by atoms with van der Waals surface area (Å²) in [5.74, 6) is 0.573. The predicted molar refractivity (Wildman–Crippen MR) is 69.6 cm³/mol. The highest BCUT2D eigenvalue weighted by atomic mass is 35.5. The lowest BCUT2D eigenvalue weighted by Crippen LogP contribution is -1.97. The van der Waals surface area contributed by atoms with Crippen molar-refractivity contribution >= 4 is 28.2 Å². The van der Waals surface area contributed by atoms with E-state index in [4.69, 9.17) is 11.6 Å². The third-order valence-electron chi connectivity index (χ3n) is 3.03. The van der Waals surface area contributed by atoms with Crippen LogP contribution in [0.25, 0.3) is 16.6 Å². The Morgan fingerprint density at radius 3 is 2.83 bits per heavy atom. The van der Waals surface area contributed by atoms with Crippen LogP contribution in [-0.4, -0.2) is 14.4 Å². The first-order valence-corrected chi connectivity index (χ1v) is 6.12. The minimum atomic E-state index is -0.290. The summed E-state index contributed by atoms with van der Waals surface area (Å²) in [5, 5.41) is 0.402. The van der Waals surface area contributed by atoms with Gasteiger partial charge in [0.15, 0.2) is 5.15 Å². The summed E-state index contributed by atoms with van der Waals surface area (Å²) in [6.45, 7) is 3.89. The average Bonchev–Trinajstić information content (AvgIpc) is 2.68. The Hall–Kier alpha value is -1.68. The van der Waals surface area contributed by atoms with Gasteiger partial charge in [-0.3, -0.25) is 4.40 Å². The molecule has 0 atom stereocenters. The highest BCUT2D eigenvalue weighted by molar-refractivity contribution is 6.33. The molecule has 0 saturated carbocycles. The van der Waals surface area contributed by atoms with Crippen LogP contribution in [0.3, 0.4) is 0 Å². The first-order chi connectivity index (χ1) is 8.61. The number of nitrogens with zero attached hydrogens (tertiary/aromatic N) is 3. The Labute approximate surface area is 108 Å². The Balaban J connectivity index is 2.61. The zero-order chi connectivity index (χ0) is 12.9. The summed E-state index contributed by atoms with van der Waals surface area (Å²) in [7, 11) is 0. The normalized spacial score (nSPS) is 11.6. The van der Waals surface area contributed by atoms with Crippen molar-refractivity contribution in [2.45, 2.75) is 20.3 Å². The number of hydrogen-bond donors (Lipinski definition) is 0. The Morgan fingerprint density at radius 1 is 1.33 bits per heavy atom. The largest absolute Gasteiger partial charge is 0.291 e. The molecule has 2 aromatic heterocycles. The molecule has 0 aliphatic heterocycles. The average molecular weight is 264 g/mol. The summed E-state index contributed by atoms with van der Waals surface area (Å²) in [6.07, 6.45) is 0.751. The standard InChI is InChI=1S/C13H11ClFN3/c1-3-11-16-7(2)12-13(14)17-9-5-4-8(15)6-10(9)18(11)12/h4-6H,3H2,1-2H3. The molecule has 0 bridgehead atoms. The molecule has 0 radical (unpaired) electrons. The van der Waals surface area contributed by atoms with E-state index in [1.165, 1.54) is 12.1 Å². The van der Waals surface area contributed by atoms with Gasteiger partial charge in [-0.1, -0.05) is 18.5 Å². The quantitative estimate of drug-likeness (QED) is 0.672. The molecule has 0 N–H and O–H groups in total. The molecule has 0 aliphatic rings. The number of rotatable bonds is 1. The van der Waals surface area contributed by atoms with Crippen molar-refractivity contribution in [2.24, 2.45) is 0 Å². The zero-order valence-corrected chi connectivity index (χ0v) is 10.8. The van der Waals surface area contributed by atoms with Gasteiger partial charge in [-0.05, 0) is 19.1 Å². The summed E-state index contributed by atoms with van der Waals surface area (Å²) >= 11 is 6.19.